The molecular formula is C17H16F2N2O4. The van der Waals surface area contributed by atoms with Gasteiger partial charge in [0.05, 0.1) is 0 Å². The maximum Gasteiger partial charge on any atom is 0.355 e. The largest absolute Gasteiger partial charge is 0.448 e. The standard InChI is InChI=1S/C17H16F2N2O4/c1-9(22)11-7-14(21(3)8-11)17(24)25-10(2)16(23)20-15-12(18)5-4-6-13(15)19/h4-8,10H,1-3H3,(H,20,23)/t10-/m0/s1. The molecule has 2 aromatic rings. The first-order chi connectivity index (χ1) is 11.7. The average Bonchev–Trinajstić information content (AvgIpc) is 2.93. The Morgan fingerprint density at radius 2 is 1.80 bits per heavy atom. The van der Waals surface area contributed by atoms with E-state index in [1.165, 1.54) is 30.7 Å². The van der Waals surface area contributed by atoms with Gasteiger partial charge < -0.3 is 14.6 Å². The number of aromatic nitrogens is 1. The topological polar surface area (TPSA) is 77.4 Å². The lowest BCUT2D eigenvalue weighted by molar-refractivity contribution is -0.123. The number of para-hydroxylation sites is 1. The summed E-state index contributed by atoms with van der Waals surface area (Å²) in [6.07, 6.45) is 0.153. The molecule has 6 nitrogen and oxygen atoms in total. The number of anilines is 1. The highest BCUT2D eigenvalue weighted by Crippen LogP contribution is 2.18. The normalized spacial score (nSPS) is 11.7. The minimum absolute atomic E-state index is 0.0712. The maximum absolute atomic E-state index is 13.5. The Hall–Kier alpha value is -3.03. The van der Waals surface area contributed by atoms with Gasteiger partial charge in [0.15, 0.2) is 11.9 Å². The second-order valence-corrected chi connectivity index (χ2v) is 5.41. The molecule has 1 heterocycles. The van der Waals surface area contributed by atoms with Gasteiger partial charge in [-0.1, -0.05) is 6.07 Å². The number of nitrogens with zero attached hydrogens (tertiary/aromatic N) is 1. The van der Waals surface area contributed by atoms with Crippen LogP contribution in [-0.2, 0) is 16.6 Å². The van der Waals surface area contributed by atoms with Crippen LogP contribution in [0.15, 0.2) is 30.5 Å². The first-order valence-corrected chi connectivity index (χ1v) is 7.34. The number of carbonyl (C=O) groups is 3. The molecule has 1 amide bonds. The highest BCUT2D eigenvalue weighted by atomic mass is 19.1. The summed E-state index contributed by atoms with van der Waals surface area (Å²) in [4.78, 5) is 35.4. The van der Waals surface area contributed by atoms with Crippen LogP contribution in [0.2, 0.25) is 0 Å². The van der Waals surface area contributed by atoms with Crippen LogP contribution in [0.3, 0.4) is 0 Å². The third-order valence-electron chi connectivity index (χ3n) is 3.48. The molecule has 1 N–H and O–H groups in total. The predicted octanol–water partition coefficient (Wildman–Crippen LogP) is 2.69. The van der Waals surface area contributed by atoms with Crippen LogP contribution < -0.4 is 5.32 Å². The summed E-state index contributed by atoms with van der Waals surface area (Å²) < 4.78 is 33.5. The fraction of sp³-hybridized carbons (Fsp3) is 0.235. The minimum Gasteiger partial charge on any atom is -0.448 e. The van der Waals surface area contributed by atoms with Gasteiger partial charge in [-0.25, -0.2) is 13.6 Å². The Labute approximate surface area is 142 Å². The smallest absolute Gasteiger partial charge is 0.355 e. The number of rotatable bonds is 5. The number of carbonyl (C=O) groups excluding carboxylic acids is 3. The number of ketones is 1. The van der Waals surface area contributed by atoms with E-state index in [0.29, 0.717) is 5.56 Å². The fourth-order valence-electron chi connectivity index (χ4n) is 2.08. The highest BCUT2D eigenvalue weighted by Gasteiger charge is 2.23. The van der Waals surface area contributed by atoms with E-state index in [1.54, 1.807) is 7.05 Å². The van der Waals surface area contributed by atoms with Crippen LogP contribution in [0.4, 0.5) is 14.5 Å². The maximum atomic E-state index is 13.5. The molecule has 0 unspecified atom stereocenters. The Morgan fingerprint density at radius 1 is 1.20 bits per heavy atom. The summed E-state index contributed by atoms with van der Waals surface area (Å²) in [5.41, 5.74) is -0.227. The van der Waals surface area contributed by atoms with Gasteiger partial charge in [0.1, 0.15) is 23.0 Å². The number of hydrogen-bond acceptors (Lipinski definition) is 4. The summed E-state index contributed by atoms with van der Waals surface area (Å²) in [5, 5.41) is 2.05. The van der Waals surface area contributed by atoms with Crippen molar-refractivity contribution in [1.82, 2.24) is 4.57 Å². The fourth-order valence-corrected chi connectivity index (χ4v) is 2.08. The Bertz CT molecular complexity index is 825. The highest BCUT2D eigenvalue weighted by molar-refractivity contribution is 5.99. The van der Waals surface area contributed by atoms with E-state index in [2.05, 4.69) is 0 Å². The molecule has 0 aliphatic heterocycles. The van der Waals surface area contributed by atoms with E-state index in [1.807, 2.05) is 5.32 Å². The molecule has 0 saturated carbocycles. The molecule has 2 rings (SSSR count). The number of amides is 1. The lowest BCUT2D eigenvalue weighted by atomic mass is 10.2. The molecule has 0 aliphatic carbocycles. The van der Waals surface area contributed by atoms with Crippen LogP contribution in [-0.4, -0.2) is 28.3 Å². The number of benzene rings is 1. The number of hydrogen-bond donors (Lipinski definition) is 1. The zero-order valence-electron chi connectivity index (χ0n) is 13.8. The third kappa shape index (κ3) is 4.09. The molecule has 132 valence electrons. The second kappa shape index (κ2) is 7.25. The monoisotopic (exact) mass is 350 g/mol. The van der Waals surface area contributed by atoms with Crippen LogP contribution in [0.5, 0.6) is 0 Å². The number of aryl methyl sites for hydroxylation is 1. The quantitative estimate of drug-likeness (QED) is 0.664. The Kier molecular flexibility index (Phi) is 5.31. The summed E-state index contributed by atoms with van der Waals surface area (Å²) in [6.45, 7) is 2.62. The molecule has 1 aromatic heterocycles. The van der Waals surface area contributed by atoms with E-state index in [4.69, 9.17) is 4.74 Å². The van der Waals surface area contributed by atoms with Gasteiger partial charge in [0.2, 0.25) is 0 Å². The molecule has 0 bridgehead atoms. The Morgan fingerprint density at radius 3 is 2.32 bits per heavy atom. The van der Waals surface area contributed by atoms with E-state index >= 15 is 0 Å². The first-order valence-electron chi connectivity index (χ1n) is 7.34. The number of Topliss-reactive ketones (excluding diaryl/α,β-unsaturated/α-hetero) is 1. The first kappa shape index (κ1) is 18.3. The zero-order chi connectivity index (χ0) is 18.7. The summed E-state index contributed by atoms with van der Waals surface area (Å²) in [5.74, 6) is -3.85. The molecule has 1 atom stereocenters. The summed E-state index contributed by atoms with van der Waals surface area (Å²) in [7, 11) is 1.54. The van der Waals surface area contributed by atoms with Crippen molar-refractivity contribution in [3.8, 4) is 0 Å². The van der Waals surface area contributed by atoms with Crippen LogP contribution in [0, 0.1) is 11.6 Å². The van der Waals surface area contributed by atoms with Crippen LogP contribution in [0.25, 0.3) is 0 Å². The van der Waals surface area contributed by atoms with Crippen LogP contribution >= 0.6 is 0 Å². The van der Waals surface area contributed by atoms with Crippen molar-refractivity contribution >= 4 is 23.3 Å². The van der Waals surface area contributed by atoms with Gasteiger partial charge >= 0.3 is 5.97 Å². The third-order valence-corrected chi connectivity index (χ3v) is 3.48. The van der Waals surface area contributed by atoms with Crippen molar-refractivity contribution in [3.63, 3.8) is 0 Å². The number of ether oxygens (including phenoxy) is 1. The molecule has 8 heteroatoms. The lowest BCUT2D eigenvalue weighted by Crippen LogP contribution is -2.31. The number of nitrogens with one attached hydrogen (secondary N) is 1. The van der Waals surface area contributed by atoms with E-state index in [-0.39, 0.29) is 11.5 Å². The Balaban J connectivity index is 2.08. The van der Waals surface area contributed by atoms with Gasteiger partial charge in [-0.15, -0.1) is 0 Å². The summed E-state index contributed by atoms with van der Waals surface area (Å²) in [6, 6.07) is 4.48. The van der Waals surface area contributed by atoms with Crippen molar-refractivity contribution in [2.24, 2.45) is 7.05 Å². The van der Waals surface area contributed by atoms with Gasteiger partial charge in [0.25, 0.3) is 5.91 Å². The van der Waals surface area contributed by atoms with E-state index in [9.17, 15) is 23.2 Å². The molecule has 25 heavy (non-hydrogen) atoms. The molecule has 0 radical (unpaired) electrons. The van der Waals surface area contributed by atoms with Crippen molar-refractivity contribution in [1.29, 1.82) is 0 Å². The molecule has 0 aliphatic rings. The summed E-state index contributed by atoms with van der Waals surface area (Å²) >= 11 is 0. The molecule has 0 fully saturated rings. The molecule has 0 saturated heterocycles. The minimum atomic E-state index is -1.30. The second-order valence-electron chi connectivity index (χ2n) is 5.41. The van der Waals surface area contributed by atoms with Gasteiger partial charge in [-0.05, 0) is 32.0 Å². The average molecular weight is 350 g/mol. The SMILES string of the molecule is CC(=O)c1cc(C(=O)O[C@@H](C)C(=O)Nc2c(F)cccc2F)n(C)c1. The molecular weight excluding hydrogens is 334 g/mol. The molecule has 1 aromatic carbocycles. The zero-order valence-corrected chi connectivity index (χ0v) is 13.8. The number of esters is 1. The van der Waals surface area contributed by atoms with Crippen molar-refractivity contribution < 1.29 is 27.9 Å². The molecule has 0 spiro atoms. The van der Waals surface area contributed by atoms with Gasteiger partial charge in [0, 0.05) is 18.8 Å². The van der Waals surface area contributed by atoms with E-state index < -0.39 is 35.3 Å². The van der Waals surface area contributed by atoms with Crippen molar-refractivity contribution in [3.05, 3.63) is 53.4 Å². The number of halogens is 2. The lowest BCUT2D eigenvalue weighted by Gasteiger charge is -2.14. The van der Waals surface area contributed by atoms with Crippen molar-refractivity contribution in [2.45, 2.75) is 20.0 Å². The predicted molar refractivity (Wildman–Crippen MR) is 85.3 cm³/mol. The van der Waals surface area contributed by atoms with E-state index in [0.717, 1.165) is 18.2 Å². The van der Waals surface area contributed by atoms with Gasteiger partial charge in [-0.3, -0.25) is 9.59 Å². The van der Waals surface area contributed by atoms with Crippen molar-refractivity contribution in [2.75, 3.05) is 5.32 Å². The van der Waals surface area contributed by atoms with Crippen LogP contribution in [0.1, 0.15) is 34.7 Å². The van der Waals surface area contributed by atoms with Gasteiger partial charge in [-0.2, -0.15) is 0 Å².